The highest BCUT2D eigenvalue weighted by atomic mass is 14.3. The number of benzene rings is 1. The van der Waals surface area contributed by atoms with Gasteiger partial charge in [-0.2, -0.15) is 0 Å². The minimum absolute atomic E-state index is 0.510. The molecular weight excluding hydrogens is 204 g/mol. The molecule has 0 saturated carbocycles. The third kappa shape index (κ3) is 2.73. The quantitative estimate of drug-likeness (QED) is 0.577. The van der Waals surface area contributed by atoms with Crippen molar-refractivity contribution in [1.29, 1.82) is 0 Å². The second-order valence-corrected chi connectivity index (χ2v) is 6.76. The summed E-state index contributed by atoms with van der Waals surface area (Å²) in [5, 5.41) is 0. The fourth-order valence-electron chi connectivity index (χ4n) is 3.37. The van der Waals surface area contributed by atoms with Crippen molar-refractivity contribution in [2.45, 2.75) is 66.2 Å². The molecule has 94 valence electrons. The largest absolute Gasteiger partial charge is 0.0599 e. The molecule has 0 aliphatic heterocycles. The molecule has 17 heavy (non-hydrogen) atoms. The van der Waals surface area contributed by atoms with Crippen LogP contribution in [-0.4, -0.2) is 0 Å². The van der Waals surface area contributed by atoms with Gasteiger partial charge in [0.15, 0.2) is 0 Å². The highest BCUT2D eigenvalue weighted by Gasteiger charge is 2.25. The first-order chi connectivity index (χ1) is 7.89. The first-order valence-corrected chi connectivity index (χ1v) is 6.99. The van der Waals surface area contributed by atoms with Crippen LogP contribution in [0.3, 0.4) is 0 Å². The highest BCUT2D eigenvalue weighted by Crippen LogP contribution is 2.39. The van der Waals surface area contributed by atoms with Gasteiger partial charge >= 0.3 is 0 Å². The first kappa shape index (κ1) is 12.7. The summed E-state index contributed by atoms with van der Waals surface area (Å²) in [5.74, 6) is 0.708. The predicted molar refractivity (Wildman–Crippen MR) is 75.7 cm³/mol. The van der Waals surface area contributed by atoms with Gasteiger partial charge in [0.05, 0.1) is 0 Å². The number of rotatable bonds is 0. The van der Waals surface area contributed by atoms with Gasteiger partial charge in [-0.15, -0.1) is 0 Å². The molecule has 0 aromatic heterocycles. The van der Waals surface area contributed by atoms with Gasteiger partial charge in [0, 0.05) is 0 Å². The van der Waals surface area contributed by atoms with Crippen molar-refractivity contribution in [3.8, 4) is 0 Å². The SMILES string of the molecule is Cc1cc2c(cc1C)C(C)CC(C)(C)CCC2. The molecule has 1 atom stereocenters. The molecule has 0 saturated heterocycles. The zero-order valence-electron chi connectivity index (χ0n) is 12.1. The Morgan fingerprint density at radius 2 is 1.76 bits per heavy atom. The Kier molecular flexibility index (Phi) is 3.34. The topological polar surface area (TPSA) is 0 Å². The molecule has 0 N–H and O–H groups in total. The fourth-order valence-corrected chi connectivity index (χ4v) is 3.37. The Morgan fingerprint density at radius 1 is 1.12 bits per heavy atom. The molecule has 0 radical (unpaired) electrons. The second-order valence-electron chi connectivity index (χ2n) is 6.76. The zero-order valence-corrected chi connectivity index (χ0v) is 12.1. The molecule has 1 aromatic carbocycles. The molecule has 0 heteroatoms. The van der Waals surface area contributed by atoms with E-state index in [0.29, 0.717) is 11.3 Å². The third-order valence-corrected chi connectivity index (χ3v) is 4.44. The molecule has 1 aromatic rings. The molecule has 0 nitrogen and oxygen atoms in total. The minimum atomic E-state index is 0.510. The van der Waals surface area contributed by atoms with E-state index < -0.39 is 0 Å². The average Bonchev–Trinajstić information content (AvgIpc) is 2.20. The Morgan fingerprint density at radius 3 is 2.47 bits per heavy atom. The van der Waals surface area contributed by atoms with Gasteiger partial charge in [-0.3, -0.25) is 0 Å². The molecule has 0 heterocycles. The van der Waals surface area contributed by atoms with Crippen LogP contribution in [0.5, 0.6) is 0 Å². The van der Waals surface area contributed by atoms with Crippen LogP contribution in [-0.2, 0) is 6.42 Å². The van der Waals surface area contributed by atoms with Crippen molar-refractivity contribution in [3.05, 3.63) is 34.4 Å². The predicted octanol–water partition coefficient (Wildman–Crippen LogP) is 5.16. The molecule has 1 aliphatic carbocycles. The van der Waals surface area contributed by atoms with Crippen LogP contribution in [0.15, 0.2) is 12.1 Å². The Balaban J connectivity index is 2.41. The van der Waals surface area contributed by atoms with Crippen molar-refractivity contribution < 1.29 is 0 Å². The maximum Gasteiger partial charge on any atom is -0.0182 e. The van der Waals surface area contributed by atoms with Crippen molar-refractivity contribution >= 4 is 0 Å². The maximum absolute atomic E-state index is 2.44. The van der Waals surface area contributed by atoms with Crippen LogP contribution in [0.4, 0.5) is 0 Å². The van der Waals surface area contributed by atoms with E-state index in [-0.39, 0.29) is 0 Å². The van der Waals surface area contributed by atoms with Crippen molar-refractivity contribution in [1.82, 2.24) is 0 Å². The van der Waals surface area contributed by atoms with E-state index >= 15 is 0 Å². The average molecular weight is 230 g/mol. The van der Waals surface area contributed by atoms with E-state index in [0.717, 1.165) is 0 Å². The van der Waals surface area contributed by atoms with Crippen LogP contribution >= 0.6 is 0 Å². The van der Waals surface area contributed by atoms with Crippen LogP contribution < -0.4 is 0 Å². The van der Waals surface area contributed by atoms with Crippen LogP contribution in [0.1, 0.15) is 68.2 Å². The molecule has 2 rings (SSSR count). The lowest BCUT2D eigenvalue weighted by Gasteiger charge is -2.32. The van der Waals surface area contributed by atoms with Crippen molar-refractivity contribution in [3.63, 3.8) is 0 Å². The van der Waals surface area contributed by atoms with Crippen molar-refractivity contribution in [2.75, 3.05) is 0 Å². The van der Waals surface area contributed by atoms with Crippen molar-refractivity contribution in [2.24, 2.45) is 5.41 Å². The van der Waals surface area contributed by atoms with E-state index in [9.17, 15) is 0 Å². The third-order valence-electron chi connectivity index (χ3n) is 4.44. The molecule has 0 bridgehead atoms. The van der Waals surface area contributed by atoms with Gasteiger partial charge in [-0.05, 0) is 73.1 Å². The van der Waals surface area contributed by atoms with Gasteiger partial charge in [0.2, 0.25) is 0 Å². The lowest BCUT2D eigenvalue weighted by Crippen LogP contribution is -2.18. The maximum atomic E-state index is 2.44. The Hall–Kier alpha value is -0.780. The van der Waals surface area contributed by atoms with Crippen LogP contribution in [0, 0.1) is 19.3 Å². The van der Waals surface area contributed by atoms with Gasteiger partial charge in [0.1, 0.15) is 0 Å². The minimum Gasteiger partial charge on any atom is -0.0599 e. The van der Waals surface area contributed by atoms with Crippen LogP contribution in [0.25, 0.3) is 0 Å². The monoisotopic (exact) mass is 230 g/mol. The molecule has 0 spiro atoms. The number of aryl methyl sites for hydroxylation is 3. The van der Waals surface area contributed by atoms with Gasteiger partial charge in [-0.1, -0.05) is 32.9 Å². The van der Waals surface area contributed by atoms with E-state index in [1.54, 1.807) is 11.1 Å². The molecule has 1 unspecified atom stereocenters. The number of hydrogen-bond acceptors (Lipinski definition) is 0. The molecular formula is C17H26. The summed E-state index contributed by atoms with van der Waals surface area (Å²) in [7, 11) is 0. The van der Waals surface area contributed by atoms with Gasteiger partial charge < -0.3 is 0 Å². The lowest BCUT2D eigenvalue weighted by atomic mass is 9.73. The number of hydrogen-bond donors (Lipinski definition) is 0. The first-order valence-electron chi connectivity index (χ1n) is 6.99. The summed E-state index contributed by atoms with van der Waals surface area (Å²) in [6.07, 6.45) is 5.30. The second kappa shape index (κ2) is 4.48. The summed E-state index contributed by atoms with van der Waals surface area (Å²) in [4.78, 5) is 0. The summed E-state index contributed by atoms with van der Waals surface area (Å²) < 4.78 is 0. The molecule has 0 amide bonds. The van der Waals surface area contributed by atoms with E-state index in [2.05, 4.69) is 46.8 Å². The fraction of sp³-hybridized carbons (Fsp3) is 0.647. The van der Waals surface area contributed by atoms with Gasteiger partial charge in [-0.25, -0.2) is 0 Å². The van der Waals surface area contributed by atoms with Gasteiger partial charge in [0.25, 0.3) is 0 Å². The summed E-state index contributed by atoms with van der Waals surface area (Å²) in [6.45, 7) is 11.7. The van der Waals surface area contributed by atoms with E-state index in [1.807, 2.05) is 0 Å². The Labute approximate surface area is 106 Å². The lowest BCUT2D eigenvalue weighted by molar-refractivity contribution is 0.273. The molecule has 1 aliphatic rings. The zero-order chi connectivity index (χ0) is 12.6. The summed E-state index contributed by atoms with van der Waals surface area (Å²) >= 11 is 0. The normalized spacial score (nSPS) is 23.7. The molecule has 0 fully saturated rings. The summed E-state index contributed by atoms with van der Waals surface area (Å²) in [5.41, 5.74) is 6.64. The van der Waals surface area contributed by atoms with E-state index in [1.165, 1.54) is 36.8 Å². The number of fused-ring (bicyclic) bond motifs is 1. The highest BCUT2D eigenvalue weighted by molar-refractivity contribution is 5.39. The Bertz CT molecular complexity index is 412. The smallest absolute Gasteiger partial charge is 0.0182 e. The standard InChI is InChI=1S/C17H26/c1-12-9-15-7-6-8-17(4,5)11-14(3)16(15)10-13(12)2/h9-10,14H,6-8,11H2,1-5H3. The van der Waals surface area contributed by atoms with E-state index in [4.69, 9.17) is 0 Å². The summed E-state index contributed by atoms with van der Waals surface area (Å²) in [6, 6.07) is 4.87. The van der Waals surface area contributed by atoms with Crippen LogP contribution in [0.2, 0.25) is 0 Å².